The summed E-state index contributed by atoms with van der Waals surface area (Å²) in [7, 11) is 0. The van der Waals surface area contributed by atoms with Crippen molar-refractivity contribution in [2.45, 2.75) is 20.4 Å². The Bertz CT molecular complexity index is 974. The number of nitrogens with one attached hydrogen (secondary N) is 2. The smallest absolute Gasteiger partial charge is 0.267 e. The molecule has 0 radical (unpaired) electrons. The van der Waals surface area contributed by atoms with Crippen molar-refractivity contribution in [3.8, 4) is 11.3 Å². The Hall–Kier alpha value is -3.21. The van der Waals surface area contributed by atoms with E-state index in [1.54, 1.807) is 19.1 Å². The molecule has 0 fully saturated rings. The summed E-state index contributed by atoms with van der Waals surface area (Å²) in [6.45, 7) is 5.08. The van der Waals surface area contributed by atoms with Crippen LogP contribution in [-0.4, -0.2) is 22.0 Å². The van der Waals surface area contributed by atoms with Crippen LogP contribution in [0.2, 0.25) is 0 Å². The molecule has 0 bridgehead atoms. The first-order valence-electron chi connectivity index (χ1n) is 8.64. The molecule has 0 amide bonds. The van der Waals surface area contributed by atoms with E-state index in [9.17, 15) is 4.79 Å². The molecule has 132 valence electrons. The molecule has 5 nitrogen and oxygen atoms in total. The first kappa shape index (κ1) is 17.6. The number of aromatic nitrogens is 2. The topological polar surface area (TPSA) is 70.8 Å². The van der Waals surface area contributed by atoms with Crippen molar-refractivity contribution in [3.63, 3.8) is 0 Å². The summed E-state index contributed by atoms with van der Waals surface area (Å²) in [5.74, 6) is 0. The largest absolute Gasteiger partial charge is 0.385 e. The van der Waals surface area contributed by atoms with Gasteiger partial charge in [0.15, 0.2) is 0 Å². The fourth-order valence-corrected chi connectivity index (χ4v) is 2.76. The van der Waals surface area contributed by atoms with Crippen molar-refractivity contribution in [1.29, 1.82) is 5.41 Å². The second-order valence-electron chi connectivity index (χ2n) is 6.15. The van der Waals surface area contributed by atoms with E-state index in [2.05, 4.69) is 10.4 Å². The van der Waals surface area contributed by atoms with Crippen molar-refractivity contribution >= 4 is 11.4 Å². The van der Waals surface area contributed by atoms with Crippen molar-refractivity contribution in [2.24, 2.45) is 0 Å². The quantitative estimate of drug-likeness (QED) is 0.667. The lowest BCUT2D eigenvalue weighted by Crippen LogP contribution is -2.22. The van der Waals surface area contributed by atoms with Crippen LogP contribution >= 0.6 is 0 Å². The van der Waals surface area contributed by atoms with Gasteiger partial charge in [-0.15, -0.1) is 0 Å². The van der Waals surface area contributed by atoms with E-state index in [4.69, 9.17) is 5.41 Å². The van der Waals surface area contributed by atoms with Gasteiger partial charge < -0.3 is 10.7 Å². The summed E-state index contributed by atoms with van der Waals surface area (Å²) >= 11 is 0. The minimum absolute atomic E-state index is 0.130. The Morgan fingerprint density at radius 2 is 1.88 bits per heavy atom. The van der Waals surface area contributed by atoms with Crippen molar-refractivity contribution in [2.75, 3.05) is 11.9 Å². The van der Waals surface area contributed by atoms with Gasteiger partial charge >= 0.3 is 0 Å². The van der Waals surface area contributed by atoms with Gasteiger partial charge in [-0.3, -0.25) is 4.79 Å². The van der Waals surface area contributed by atoms with Crippen LogP contribution in [0.15, 0.2) is 65.5 Å². The molecule has 0 unspecified atom stereocenters. The van der Waals surface area contributed by atoms with E-state index in [1.807, 2.05) is 55.5 Å². The summed E-state index contributed by atoms with van der Waals surface area (Å²) in [5, 5.41) is 15.5. The molecule has 0 saturated carbocycles. The van der Waals surface area contributed by atoms with Gasteiger partial charge in [0, 0.05) is 29.6 Å². The van der Waals surface area contributed by atoms with Crippen LogP contribution in [0.3, 0.4) is 0 Å². The van der Waals surface area contributed by atoms with Crippen molar-refractivity contribution in [3.05, 3.63) is 82.1 Å². The predicted octanol–water partition coefficient (Wildman–Crippen LogP) is 3.78. The third kappa shape index (κ3) is 4.06. The third-order valence-corrected chi connectivity index (χ3v) is 4.12. The van der Waals surface area contributed by atoms with Gasteiger partial charge in [0.05, 0.1) is 12.2 Å². The first-order valence-corrected chi connectivity index (χ1v) is 8.64. The summed E-state index contributed by atoms with van der Waals surface area (Å²) < 4.78 is 1.48. The highest BCUT2D eigenvalue weighted by Gasteiger charge is 2.06. The van der Waals surface area contributed by atoms with Crippen LogP contribution in [0, 0.1) is 5.41 Å². The molecule has 0 aliphatic carbocycles. The van der Waals surface area contributed by atoms with Crippen LogP contribution in [0.5, 0.6) is 0 Å². The molecule has 0 atom stereocenters. The molecule has 0 spiro atoms. The summed E-state index contributed by atoms with van der Waals surface area (Å²) in [5.41, 5.74) is 4.98. The second kappa shape index (κ2) is 7.78. The van der Waals surface area contributed by atoms with E-state index in [0.717, 1.165) is 34.6 Å². The molecule has 1 aromatic heterocycles. The minimum atomic E-state index is -0.130. The van der Waals surface area contributed by atoms with Gasteiger partial charge in [-0.2, -0.15) is 5.10 Å². The molecule has 0 aliphatic rings. The highest BCUT2D eigenvalue weighted by Crippen LogP contribution is 2.17. The number of hydrogen-bond donors (Lipinski definition) is 2. The molecule has 2 aromatic carbocycles. The molecule has 1 heterocycles. The Kier molecular flexibility index (Phi) is 5.27. The van der Waals surface area contributed by atoms with Crippen LogP contribution in [0.25, 0.3) is 11.3 Å². The van der Waals surface area contributed by atoms with E-state index in [-0.39, 0.29) is 5.56 Å². The number of benzene rings is 2. The molecular formula is C21H22N4O. The molecule has 3 aromatic rings. The lowest BCUT2D eigenvalue weighted by Gasteiger charge is -2.10. The van der Waals surface area contributed by atoms with E-state index in [0.29, 0.717) is 12.3 Å². The average molecular weight is 346 g/mol. The zero-order valence-corrected chi connectivity index (χ0v) is 15.0. The minimum Gasteiger partial charge on any atom is -0.385 e. The van der Waals surface area contributed by atoms with Crippen LogP contribution < -0.4 is 10.9 Å². The van der Waals surface area contributed by atoms with E-state index in [1.165, 1.54) is 4.68 Å². The highest BCUT2D eigenvalue weighted by molar-refractivity contribution is 5.96. The number of anilines is 1. The maximum atomic E-state index is 12.2. The van der Waals surface area contributed by atoms with Gasteiger partial charge in [0.25, 0.3) is 5.56 Å². The van der Waals surface area contributed by atoms with Crippen molar-refractivity contribution < 1.29 is 0 Å². The fourth-order valence-electron chi connectivity index (χ4n) is 2.76. The van der Waals surface area contributed by atoms with Gasteiger partial charge in [0.1, 0.15) is 0 Å². The third-order valence-electron chi connectivity index (χ3n) is 4.12. The van der Waals surface area contributed by atoms with Gasteiger partial charge in [-0.05, 0) is 43.2 Å². The molecular weight excluding hydrogens is 324 g/mol. The summed E-state index contributed by atoms with van der Waals surface area (Å²) in [4.78, 5) is 12.2. The Morgan fingerprint density at radius 3 is 2.58 bits per heavy atom. The van der Waals surface area contributed by atoms with Gasteiger partial charge in [0.2, 0.25) is 0 Å². The van der Waals surface area contributed by atoms with Crippen molar-refractivity contribution in [1.82, 2.24) is 9.78 Å². The Balaban J connectivity index is 1.89. The van der Waals surface area contributed by atoms with Crippen LogP contribution in [0.1, 0.15) is 25.0 Å². The molecule has 0 saturated heterocycles. The Labute approximate surface area is 152 Å². The predicted molar refractivity (Wildman–Crippen MR) is 106 cm³/mol. The molecule has 3 rings (SSSR count). The lowest BCUT2D eigenvalue weighted by atomic mass is 10.1. The number of rotatable bonds is 6. The maximum absolute atomic E-state index is 12.2. The second-order valence-corrected chi connectivity index (χ2v) is 6.15. The van der Waals surface area contributed by atoms with Gasteiger partial charge in [-0.25, -0.2) is 4.68 Å². The van der Waals surface area contributed by atoms with E-state index < -0.39 is 0 Å². The normalized spacial score (nSPS) is 10.5. The zero-order chi connectivity index (χ0) is 18.5. The lowest BCUT2D eigenvalue weighted by molar-refractivity contribution is 0.643. The first-order chi connectivity index (χ1) is 12.6. The number of hydrogen-bond acceptors (Lipinski definition) is 4. The highest BCUT2D eigenvalue weighted by atomic mass is 16.1. The maximum Gasteiger partial charge on any atom is 0.267 e. The SMILES string of the molecule is CCNc1cccc(Cn2nc(-c3ccc(C(C)=N)cc3)ccc2=O)c1. The van der Waals surface area contributed by atoms with Crippen LogP contribution in [0.4, 0.5) is 5.69 Å². The number of nitrogens with zero attached hydrogens (tertiary/aromatic N) is 2. The summed E-state index contributed by atoms with van der Waals surface area (Å²) in [6, 6.07) is 18.9. The Morgan fingerprint density at radius 1 is 1.12 bits per heavy atom. The average Bonchev–Trinajstić information content (AvgIpc) is 2.64. The molecule has 2 N–H and O–H groups in total. The van der Waals surface area contributed by atoms with E-state index >= 15 is 0 Å². The molecule has 26 heavy (non-hydrogen) atoms. The van der Waals surface area contributed by atoms with Gasteiger partial charge in [-0.1, -0.05) is 36.4 Å². The molecule has 5 heteroatoms. The summed E-state index contributed by atoms with van der Waals surface area (Å²) in [6.07, 6.45) is 0. The zero-order valence-electron chi connectivity index (χ0n) is 15.0. The standard InChI is InChI=1S/C21H22N4O/c1-3-23-19-6-4-5-16(13-19)14-25-21(26)12-11-20(24-25)18-9-7-17(8-10-18)15(2)22/h4-13,22-23H,3,14H2,1-2H3. The fraction of sp³-hybridized carbons (Fsp3) is 0.190. The monoisotopic (exact) mass is 346 g/mol. The van der Waals surface area contributed by atoms with Crippen LogP contribution in [-0.2, 0) is 6.54 Å². The molecule has 0 aliphatic heterocycles.